The summed E-state index contributed by atoms with van der Waals surface area (Å²) in [7, 11) is 1.58. The highest BCUT2D eigenvalue weighted by molar-refractivity contribution is 5.83. The first-order valence-corrected chi connectivity index (χ1v) is 10.9. The summed E-state index contributed by atoms with van der Waals surface area (Å²) in [5.74, 6) is -1.28. The van der Waals surface area contributed by atoms with Crippen LogP contribution in [0.15, 0.2) is 30.5 Å². The van der Waals surface area contributed by atoms with Crippen molar-refractivity contribution >= 4 is 23.0 Å². The van der Waals surface area contributed by atoms with E-state index in [0.29, 0.717) is 31.6 Å². The molecule has 3 N–H and O–H groups in total. The van der Waals surface area contributed by atoms with E-state index in [2.05, 4.69) is 4.98 Å². The van der Waals surface area contributed by atoms with Crippen molar-refractivity contribution in [2.45, 2.75) is 51.7 Å². The van der Waals surface area contributed by atoms with Crippen molar-refractivity contribution in [3.8, 4) is 5.75 Å². The molecule has 2 unspecified atom stereocenters. The summed E-state index contributed by atoms with van der Waals surface area (Å²) in [6.45, 7) is 5.94. The molecule has 1 aliphatic heterocycles. The molecule has 8 nitrogen and oxygen atoms in total. The number of ether oxygens (including phenoxy) is 1. The average molecular weight is 446 g/mol. The molecule has 2 heterocycles. The number of aliphatic hydroxyl groups excluding tert-OH is 1. The Morgan fingerprint density at radius 1 is 1.25 bits per heavy atom. The lowest BCUT2D eigenvalue weighted by Crippen LogP contribution is -2.68. The van der Waals surface area contributed by atoms with Crippen LogP contribution < -0.4 is 4.74 Å². The topological polar surface area (TPSA) is 117 Å². The van der Waals surface area contributed by atoms with Gasteiger partial charge in [-0.2, -0.15) is 4.79 Å². The number of pyridine rings is 1. The summed E-state index contributed by atoms with van der Waals surface area (Å²) in [6.07, 6.45) is 1.24. The van der Waals surface area contributed by atoms with Gasteiger partial charge in [-0.1, -0.05) is 0 Å². The third kappa shape index (κ3) is 4.42. The Morgan fingerprint density at radius 2 is 1.97 bits per heavy atom. The number of quaternary nitrogens is 1. The van der Waals surface area contributed by atoms with Gasteiger partial charge in [-0.25, -0.2) is 4.48 Å². The van der Waals surface area contributed by atoms with Gasteiger partial charge in [0.2, 0.25) is 0 Å². The van der Waals surface area contributed by atoms with Crippen LogP contribution in [-0.4, -0.2) is 62.6 Å². The quantitative estimate of drug-likeness (QED) is 0.574. The van der Waals surface area contributed by atoms with Gasteiger partial charge in [-0.3, -0.25) is 9.78 Å². The van der Waals surface area contributed by atoms with Crippen molar-refractivity contribution in [2.75, 3.05) is 20.2 Å². The van der Waals surface area contributed by atoms with Crippen molar-refractivity contribution in [1.82, 2.24) is 4.98 Å². The molecule has 1 saturated heterocycles. The zero-order valence-electron chi connectivity index (χ0n) is 19.1. The Labute approximate surface area is 188 Å². The molecule has 174 valence electrons. The van der Waals surface area contributed by atoms with Gasteiger partial charge in [0.1, 0.15) is 23.8 Å². The number of fused-ring (bicyclic) bond motifs is 1. The summed E-state index contributed by atoms with van der Waals surface area (Å²) in [5.41, 5.74) is 0.859. The second-order valence-corrected chi connectivity index (χ2v) is 9.70. The van der Waals surface area contributed by atoms with Crippen molar-refractivity contribution < 1.29 is 34.1 Å². The molecule has 3 rings (SSSR count). The molecule has 1 aromatic carbocycles. The number of benzene rings is 1. The normalized spacial score (nSPS) is 24.8. The predicted molar refractivity (Wildman–Crippen MR) is 119 cm³/mol. The van der Waals surface area contributed by atoms with Gasteiger partial charge in [0, 0.05) is 18.0 Å². The van der Waals surface area contributed by atoms with Crippen LogP contribution in [-0.2, 0) is 4.79 Å². The summed E-state index contributed by atoms with van der Waals surface area (Å²) < 4.78 is 5.03. The van der Waals surface area contributed by atoms with Crippen molar-refractivity contribution in [1.29, 1.82) is 0 Å². The number of aliphatic carboxylic acids is 1. The second kappa shape index (κ2) is 9.03. The van der Waals surface area contributed by atoms with Gasteiger partial charge in [-0.05, 0) is 69.4 Å². The zero-order chi connectivity index (χ0) is 23.7. The number of hydrogen-bond donors (Lipinski definition) is 3. The van der Waals surface area contributed by atoms with Gasteiger partial charge in [0.15, 0.2) is 0 Å². The number of carboxylic acid groups (broad SMARTS) is 2. The Balaban J connectivity index is 1.79. The van der Waals surface area contributed by atoms with Crippen molar-refractivity contribution in [2.24, 2.45) is 11.8 Å². The number of carbonyl (C=O) groups is 2. The highest BCUT2D eigenvalue weighted by Crippen LogP contribution is 2.39. The van der Waals surface area contributed by atoms with E-state index in [1.165, 1.54) is 0 Å². The fourth-order valence-corrected chi connectivity index (χ4v) is 4.95. The van der Waals surface area contributed by atoms with Crippen LogP contribution >= 0.6 is 0 Å². The third-order valence-corrected chi connectivity index (χ3v) is 7.08. The predicted octanol–water partition coefficient (Wildman–Crippen LogP) is 4.07. The number of hydrogen-bond acceptors (Lipinski definition) is 5. The van der Waals surface area contributed by atoms with Gasteiger partial charge in [-0.15, -0.1) is 0 Å². The first-order valence-electron chi connectivity index (χ1n) is 10.9. The summed E-state index contributed by atoms with van der Waals surface area (Å²) in [5, 5.41) is 31.6. The minimum absolute atomic E-state index is 0.0459. The van der Waals surface area contributed by atoms with Crippen LogP contribution in [0.5, 0.6) is 5.75 Å². The van der Waals surface area contributed by atoms with Crippen LogP contribution in [0.2, 0.25) is 0 Å². The minimum atomic E-state index is -0.987. The number of carboxylic acids is 1. The summed E-state index contributed by atoms with van der Waals surface area (Å²) >= 11 is 0. The highest BCUT2D eigenvalue weighted by Gasteiger charge is 2.54. The molecule has 0 spiro atoms. The SMILES string of the molecule is COc1ccc2nccc(C(O)CC[C@@H]3CC[N+](C(=O)O)(C(C)(C)C)C[C@@H]3C(=O)O)c2c1. The molecule has 8 heteroatoms. The molecular formula is C24H33N2O6+. The maximum Gasteiger partial charge on any atom is 0.514 e. The van der Waals surface area contributed by atoms with E-state index < -0.39 is 29.6 Å². The molecule has 0 saturated carbocycles. The van der Waals surface area contributed by atoms with Gasteiger partial charge < -0.3 is 20.1 Å². The van der Waals surface area contributed by atoms with Crippen molar-refractivity contribution in [3.63, 3.8) is 0 Å². The summed E-state index contributed by atoms with van der Waals surface area (Å²) in [6, 6.07) is 7.26. The maximum absolute atomic E-state index is 12.1. The third-order valence-electron chi connectivity index (χ3n) is 7.08. The molecule has 1 aromatic heterocycles. The highest BCUT2D eigenvalue weighted by atomic mass is 16.5. The Kier molecular flexibility index (Phi) is 6.76. The number of nitrogens with zero attached hydrogens (tertiary/aromatic N) is 2. The molecule has 1 amide bonds. The lowest BCUT2D eigenvalue weighted by atomic mass is 9.78. The molecular weight excluding hydrogens is 412 g/mol. The Morgan fingerprint density at radius 3 is 2.56 bits per heavy atom. The van der Waals surface area contributed by atoms with E-state index >= 15 is 0 Å². The summed E-state index contributed by atoms with van der Waals surface area (Å²) in [4.78, 5) is 28.6. The molecule has 1 aliphatic rings. The van der Waals surface area contributed by atoms with E-state index in [1.807, 2.05) is 39.0 Å². The van der Waals surface area contributed by atoms with Gasteiger partial charge in [0.25, 0.3) is 0 Å². The van der Waals surface area contributed by atoms with Crippen molar-refractivity contribution in [3.05, 3.63) is 36.0 Å². The number of aliphatic hydroxyl groups is 1. The van der Waals surface area contributed by atoms with Crippen LogP contribution in [0.1, 0.15) is 51.7 Å². The Hall–Kier alpha value is -2.71. The number of aromatic nitrogens is 1. The minimum Gasteiger partial charge on any atom is -0.497 e. The molecule has 1 fully saturated rings. The largest absolute Gasteiger partial charge is 0.514 e. The number of amides is 1. The first kappa shape index (κ1) is 23.9. The molecule has 0 bridgehead atoms. The van der Waals surface area contributed by atoms with Gasteiger partial charge in [0.05, 0.1) is 25.3 Å². The fraction of sp³-hybridized carbons (Fsp3) is 0.542. The molecule has 0 aliphatic carbocycles. The van der Waals surface area contributed by atoms with Crippen LogP contribution in [0.4, 0.5) is 4.79 Å². The van der Waals surface area contributed by atoms with E-state index in [4.69, 9.17) is 4.74 Å². The van der Waals surface area contributed by atoms with Crippen LogP contribution in [0, 0.1) is 11.8 Å². The van der Waals surface area contributed by atoms with E-state index in [0.717, 1.165) is 16.5 Å². The first-order chi connectivity index (χ1) is 15.0. The second-order valence-electron chi connectivity index (χ2n) is 9.70. The van der Waals surface area contributed by atoms with E-state index in [1.54, 1.807) is 19.4 Å². The molecule has 32 heavy (non-hydrogen) atoms. The van der Waals surface area contributed by atoms with Gasteiger partial charge >= 0.3 is 12.1 Å². The van der Waals surface area contributed by atoms with Crippen LogP contribution in [0.25, 0.3) is 10.9 Å². The molecule has 4 atom stereocenters. The number of piperidine rings is 1. The fourth-order valence-electron chi connectivity index (χ4n) is 4.95. The van der Waals surface area contributed by atoms with Crippen LogP contribution in [0.3, 0.4) is 0 Å². The standard InChI is InChI=1S/C24H32N2O6/c1-24(2,3)26(23(30)31)12-10-15(19(14-26)22(28)29)5-8-21(27)17-9-11-25-20-7-6-16(32-4)13-18(17)20/h6-7,9,11,13,15,19,21,27H,5,8,10,12,14H2,1-4H3,(H-,28,29,30,31)/p+1/t15-,19+,21?,26?/m1/s1. The number of rotatable bonds is 6. The zero-order valence-corrected chi connectivity index (χ0v) is 19.1. The number of likely N-dealkylation sites (tertiary alicyclic amines) is 1. The maximum atomic E-state index is 12.1. The lowest BCUT2D eigenvalue weighted by Gasteiger charge is -2.49. The van der Waals surface area contributed by atoms with E-state index in [-0.39, 0.29) is 16.9 Å². The molecule has 2 aromatic rings. The Bertz CT molecular complexity index is 1000. The lowest BCUT2D eigenvalue weighted by molar-refractivity contribution is -0.911. The average Bonchev–Trinajstić information content (AvgIpc) is 2.75. The molecule has 0 radical (unpaired) electrons. The monoisotopic (exact) mass is 445 g/mol. The van der Waals surface area contributed by atoms with E-state index in [9.17, 15) is 24.9 Å². The number of methoxy groups -OCH3 is 1. The smallest absolute Gasteiger partial charge is 0.497 e.